The average molecular weight is 273 g/mol. The summed E-state index contributed by atoms with van der Waals surface area (Å²) in [6.45, 7) is -1.57. The van der Waals surface area contributed by atoms with Crippen molar-refractivity contribution in [1.29, 1.82) is 5.41 Å². The molecule has 0 radical (unpaired) electrons. The van der Waals surface area contributed by atoms with E-state index in [9.17, 15) is 17.6 Å². The molecule has 0 aliphatic carbocycles. The molecule has 0 heterocycles. The predicted octanol–water partition coefficient (Wildman–Crippen LogP) is 2.47. The highest BCUT2D eigenvalue weighted by molar-refractivity contribution is 5.95. The van der Waals surface area contributed by atoms with E-state index in [2.05, 4.69) is 4.74 Å². The third-order valence-corrected chi connectivity index (χ3v) is 1.63. The van der Waals surface area contributed by atoms with Crippen molar-refractivity contribution in [2.45, 2.75) is 6.18 Å². The van der Waals surface area contributed by atoms with Crippen LogP contribution < -0.4 is 10.5 Å². The van der Waals surface area contributed by atoms with Crippen molar-refractivity contribution in [3.8, 4) is 5.75 Å². The van der Waals surface area contributed by atoms with Crippen LogP contribution in [0.3, 0.4) is 0 Å². The highest BCUT2D eigenvalue weighted by Crippen LogP contribution is 2.21. The van der Waals surface area contributed by atoms with Gasteiger partial charge >= 0.3 is 6.18 Å². The number of nitrogen functional groups attached to an aromatic ring is 1. The molecule has 0 spiro atoms. The topological polar surface area (TPSA) is 59.1 Å². The summed E-state index contributed by atoms with van der Waals surface area (Å²) in [7, 11) is 0. The van der Waals surface area contributed by atoms with Crippen LogP contribution in [0.5, 0.6) is 5.75 Å². The highest BCUT2D eigenvalue weighted by atomic mass is 35.5. The van der Waals surface area contributed by atoms with Gasteiger partial charge in [0.05, 0.1) is 0 Å². The van der Waals surface area contributed by atoms with Crippen LogP contribution in [-0.2, 0) is 0 Å². The first kappa shape index (κ1) is 15.5. The molecular weight excluding hydrogens is 264 g/mol. The first-order valence-electron chi connectivity index (χ1n) is 4.13. The van der Waals surface area contributed by atoms with Gasteiger partial charge in [0, 0.05) is 5.56 Å². The predicted molar refractivity (Wildman–Crippen MR) is 56.2 cm³/mol. The number of nitrogens with two attached hydrogens (primary N) is 1. The highest BCUT2D eigenvalue weighted by Gasteiger charge is 2.28. The third kappa shape index (κ3) is 4.90. The van der Waals surface area contributed by atoms with E-state index in [1.807, 2.05) is 0 Å². The molecule has 0 saturated carbocycles. The smallest absolute Gasteiger partial charge is 0.422 e. The van der Waals surface area contributed by atoms with Crippen molar-refractivity contribution >= 4 is 18.2 Å². The van der Waals surface area contributed by atoms with Crippen LogP contribution in [0.4, 0.5) is 17.6 Å². The summed E-state index contributed by atoms with van der Waals surface area (Å²) >= 11 is 0. The summed E-state index contributed by atoms with van der Waals surface area (Å²) in [5, 5.41) is 6.99. The second kappa shape index (κ2) is 5.72. The number of rotatable bonds is 3. The van der Waals surface area contributed by atoms with Gasteiger partial charge in [0.15, 0.2) is 18.2 Å². The largest absolute Gasteiger partial charge is 0.481 e. The van der Waals surface area contributed by atoms with E-state index in [0.29, 0.717) is 0 Å². The van der Waals surface area contributed by atoms with E-state index in [-0.39, 0.29) is 23.8 Å². The number of amidine groups is 1. The molecule has 0 unspecified atom stereocenters. The minimum Gasteiger partial charge on any atom is -0.481 e. The number of alkyl halides is 3. The number of nitrogens with one attached hydrogen (secondary N) is 1. The van der Waals surface area contributed by atoms with E-state index in [1.54, 1.807) is 0 Å². The van der Waals surface area contributed by atoms with Gasteiger partial charge in [0.25, 0.3) is 0 Å². The van der Waals surface area contributed by atoms with Gasteiger partial charge < -0.3 is 10.5 Å². The average Bonchev–Trinajstić information content (AvgIpc) is 2.14. The van der Waals surface area contributed by atoms with Crippen LogP contribution in [0.15, 0.2) is 18.2 Å². The maximum atomic E-state index is 13.1. The minimum atomic E-state index is -4.52. The van der Waals surface area contributed by atoms with E-state index < -0.39 is 24.3 Å². The van der Waals surface area contributed by atoms with Crippen molar-refractivity contribution < 1.29 is 22.3 Å². The zero-order valence-electron chi connectivity index (χ0n) is 8.34. The molecule has 0 atom stereocenters. The molecule has 3 nitrogen and oxygen atoms in total. The summed E-state index contributed by atoms with van der Waals surface area (Å²) in [5.41, 5.74) is 5.15. The van der Waals surface area contributed by atoms with Crippen molar-refractivity contribution in [1.82, 2.24) is 0 Å². The zero-order valence-corrected chi connectivity index (χ0v) is 9.16. The van der Waals surface area contributed by atoms with Gasteiger partial charge in [-0.15, -0.1) is 12.4 Å². The Morgan fingerprint density at radius 3 is 2.35 bits per heavy atom. The standard InChI is InChI=1S/C9H8F4N2O.ClH/c10-6-3-5(8(14)15)1-2-7(6)16-4-9(11,12)13;/h1-3H,4H2,(H3,14,15);1H. The number of benzene rings is 1. The van der Waals surface area contributed by atoms with Crippen LogP contribution >= 0.6 is 12.4 Å². The molecule has 0 aliphatic heterocycles. The molecule has 1 rings (SSSR count). The molecule has 1 aromatic rings. The van der Waals surface area contributed by atoms with Crippen molar-refractivity contribution in [3.63, 3.8) is 0 Å². The number of halogens is 5. The molecule has 0 amide bonds. The molecule has 3 N–H and O–H groups in total. The van der Waals surface area contributed by atoms with E-state index in [0.717, 1.165) is 12.1 Å². The Balaban J connectivity index is 0.00000256. The monoisotopic (exact) mass is 272 g/mol. The number of hydrogen-bond acceptors (Lipinski definition) is 2. The maximum Gasteiger partial charge on any atom is 0.422 e. The minimum absolute atomic E-state index is 0. The summed E-state index contributed by atoms with van der Waals surface area (Å²) in [4.78, 5) is 0. The van der Waals surface area contributed by atoms with Gasteiger partial charge in [0.2, 0.25) is 0 Å². The molecule has 8 heteroatoms. The van der Waals surface area contributed by atoms with E-state index in [1.165, 1.54) is 6.07 Å². The van der Waals surface area contributed by atoms with Gasteiger partial charge in [-0.3, -0.25) is 5.41 Å². The lowest BCUT2D eigenvalue weighted by molar-refractivity contribution is -0.153. The lowest BCUT2D eigenvalue weighted by Crippen LogP contribution is -2.20. The molecule has 0 aliphatic rings. The summed E-state index contributed by atoms with van der Waals surface area (Å²) < 4.78 is 52.7. The first-order chi connectivity index (χ1) is 7.29. The molecule has 1 aromatic carbocycles. The molecule has 96 valence electrons. The Kier molecular flexibility index (Phi) is 5.21. The molecule has 0 saturated heterocycles. The molecule has 17 heavy (non-hydrogen) atoms. The van der Waals surface area contributed by atoms with Gasteiger partial charge in [-0.1, -0.05) is 0 Å². The van der Waals surface area contributed by atoms with Gasteiger partial charge in [-0.05, 0) is 18.2 Å². The maximum absolute atomic E-state index is 13.1. The van der Waals surface area contributed by atoms with Crippen molar-refractivity contribution in [2.24, 2.45) is 5.73 Å². The molecule has 0 aromatic heterocycles. The SMILES string of the molecule is Cl.N=C(N)c1ccc(OCC(F)(F)F)c(F)c1. The fraction of sp³-hybridized carbons (Fsp3) is 0.222. The second-order valence-corrected chi connectivity index (χ2v) is 2.96. The quantitative estimate of drug-likeness (QED) is 0.504. The fourth-order valence-corrected chi connectivity index (χ4v) is 0.945. The third-order valence-electron chi connectivity index (χ3n) is 1.63. The summed E-state index contributed by atoms with van der Waals surface area (Å²) in [5.74, 6) is -1.89. The Bertz CT molecular complexity index is 408. The zero-order chi connectivity index (χ0) is 12.3. The lowest BCUT2D eigenvalue weighted by atomic mass is 10.2. The summed E-state index contributed by atoms with van der Waals surface area (Å²) in [6, 6.07) is 3.04. The molecule has 0 fully saturated rings. The lowest BCUT2D eigenvalue weighted by Gasteiger charge is -2.10. The Labute approximate surface area is 100 Å². The van der Waals surface area contributed by atoms with Gasteiger partial charge in [-0.25, -0.2) is 4.39 Å². The van der Waals surface area contributed by atoms with Crippen LogP contribution in [0.25, 0.3) is 0 Å². The van der Waals surface area contributed by atoms with Crippen molar-refractivity contribution in [3.05, 3.63) is 29.6 Å². The Hall–Kier alpha value is -1.50. The molecular formula is C9H9ClF4N2O. The van der Waals surface area contributed by atoms with Gasteiger partial charge in [0.1, 0.15) is 5.84 Å². The van der Waals surface area contributed by atoms with Crippen LogP contribution in [0.1, 0.15) is 5.56 Å². The van der Waals surface area contributed by atoms with Crippen molar-refractivity contribution in [2.75, 3.05) is 6.61 Å². The van der Waals surface area contributed by atoms with E-state index in [4.69, 9.17) is 11.1 Å². The second-order valence-electron chi connectivity index (χ2n) is 2.96. The van der Waals surface area contributed by atoms with Crippen LogP contribution in [0.2, 0.25) is 0 Å². The molecule has 0 bridgehead atoms. The fourth-order valence-electron chi connectivity index (χ4n) is 0.945. The Morgan fingerprint density at radius 1 is 1.35 bits per heavy atom. The van der Waals surface area contributed by atoms with E-state index >= 15 is 0 Å². The van der Waals surface area contributed by atoms with Gasteiger partial charge in [-0.2, -0.15) is 13.2 Å². The number of hydrogen-bond donors (Lipinski definition) is 2. The normalized spacial score (nSPS) is 10.6. The summed E-state index contributed by atoms with van der Waals surface area (Å²) in [6.07, 6.45) is -4.52. The number of ether oxygens (including phenoxy) is 1. The van der Waals surface area contributed by atoms with Crippen LogP contribution in [0, 0.1) is 11.2 Å². The first-order valence-corrected chi connectivity index (χ1v) is 4.13. The Morgan fingerprint density at radius 2 is 1.94 bits per heavy atom. The van der Waals surface area contributed by atoms with Crippen LogP contribution in [-0.4, -0.2) is 18.6 Å².